The molecule has 0 aliphatic heterocycles. The van der Waals surface area contributed by atoms with Crippen molar-refractivity contribution in [3.05, 3.63) is 48.2 Å². The van der Waals surface area contributed by atoms with Crippen LogP contribution in [0.2, 0.25) is 0 Å². The second-order valence-electron chi connectivity index (χ2n) is 3.73. The first-order valence-electron chi connectivity index (χ1n) is 5.76. The summed E-state index contributed by atoms with van der Waals surface area (Å²) in [4.78, 5) is 4.19. The minimum absolute atomic E-state index is 0.562. The average Bonchev–Trinajstić information content (AvgIpc) is 2.46. The Balaban J connectivity index is 1.78. The topological polar surface area (TPSA) is 71.9 Å². The van der Waals surface area contributed by atoms with Crippen LogP contribution in [0, 0.1) is 11.3 Å². The number of nitrogens with two attached hydrogens (primary N) is 1. The summed E-state index contributed by atoms with van der Waals surface area (Å²) in [7, 11) is 0. The highest BCUT2D eigenvalue weighted by molar-refractivity contribution is 7.99. The molecule has 0 unspecified atom stereocenters. The number of ether oxygens (including phenoxy) is 1. The van der Waals surface area contributed by atoms with Crippen molar-refractivity contribution in [2.75, 3.05) is 18.1 Å². The maximum absolute atomic E-state index is 8.68. The van der Waals surface area contributed by atoms with E-state index < -0.39 is 0 Å². The van der Waals surface area contributed by atoms with Crippen LogP contribution in [-0.4, -0.2) is 17.3 Å². The minimum Gasteiger partial charge on any atom is -0.493 e. The van der Waals surface area contributed by atoms with E-state index in [0.29, 0.717) is 17.9 Å². The smallest absolute Gasteiger partial charge is 0.119 e. The molecule has 0 spiro atoms. The van der Waals surface area contributed by atoms with E-state index in [9.17, 15) is 0 Å². The van der Waals surface area contributed by atoms with Gasteiger partial charge in [0, 0.05) is 11.9 Å². The maximum Gasteiger partial charge on any atom is 0.119 e. The molecule has 1 aromatic carbocycles. The van der Waals surface area contributed by atoms with Gasteiger partial charge in [-0.1, -0.05) is 0 Å². The molecule has 0 fully saturated rings. The Morgan fingerprint density at radius 3 is 2.74 bits per heavy atom. The molecular weight excluding hydrogens is 258 g/mol. The predicted octanol–water partition coefficient (Wildman–Crippen LogP) is 2.71. The van der Waals surface area contributed by atoms with Crippen LogP contribution in [-0.2, 0) is 0 Å². The number of rotatable bonds is 5. The van der Waals surface area contributed by atoms with Crippen molar-refractivity contribution in [3.63, 3.8) is 0 Å². The summed E-state index contributed by atoms with van der Waals surface area (Å²) in [6.45, 7) is 0.562. The van der Waals surface area contributed by atoms with Gasteiger partial charge >= 0.3 is 0 Å². The molecule has 2 aromatic rings. The molecule has 19 heavy (non-hydrogen) atoms. The summed E-state index contributed by atoms with van der Waals surface area (Å²) in [5.41, 5.74) is 7.10. The molecule has 0 saturated heterocycles. The Kier molecular flexibility index (Phi) is 4.65. The number of aromatic nitrogens is 1. The van der Waals surface area contributed by atoms with E-state index in [4.69, 9.17) is 15.7 Å². The molecule has 0 aliphatic rings. The van der Waals surface area contributed by atoms with Crippen molar-refractivity contribution in [2.24, 2.45) is 0 Å². The zero-order valence-electron chi connectivity index (χ0n) is 10.2. The highest BCUT2D eigenvalue weighted by Crippen LogP contribution is 2.21. The number of nitriles is 1. The lowest BCUT2D eigenvalue weighted by Crippen LogP contribution is -2.01. The van der Waals surface area contributed by atoms with Gasteiger partial charge in [-0.05, 0) is 36.4 Å². The van der Waals surface area contributed by atoms with Crippen LogP contribution >= 0.6 is 11.8 Å². The highest BCUT2D eigenvalue weighted by Gasteiger charge is 2.00. The Bertz CT molecular complexity index is 578. The third kappa shape index (κ3) is 3.90. The van der Waals surface area contributed by atoms with E-state index >= 15 is 0 Å². The number of hydrogen-bond donors (Lipinski definition) is 1. The Labute approximate surface area is 116 Å². The third-order valence-corrected chi connectivity index (χ3v) is 3.36. The van der Waals surface area contributed by atoms with Crippen LogP contribution in [0.1, 0.15) is 5.56 Å². The van der Waals surface area contributed by atoms with Gasteiger partial charge in [-0.2, -0.15) is 5.26 Å². The molecular formula is C14H13N3OS. The average molecular weight is 271 g/mol. The molecule has 0 saturated carbocycles. The summed E-state index contributed by atoms with van der Waals surface area (Å²) in [6.07, 6.45) is 1.72. The van der Waals surface area contributed by atoms with Gasteiger partial charge in [-0.15, -0.1) is 11.8 Å². The minimum atomic E-state index is 0.562. The van der Waals surface area contributed by atoms with Gasteiger partial charge in [0.25, 0.3) is 0 Å². The third-order valence-electron chi connectivity index (χ3n) is 2.37. The molecule has 5 heteroatoms. The van der Waals surface area contributed by atoms with Crippen molar-refractivity contribution in [2.45, 2.75) is 5.03 Å². The Hall–Kier alpha value is -2.19. The van der Waals surface area contributed by atoms with Crippen LogP contribution in [0.4, 0.5) is 5.69 Å². The van der Waals surface area contributed by atoms with E-state index in [1.807, 2.05) is 12.1 Å². The molecule has 2 rings (SSSR count). The van der Waals surface area contributed by atoms with Crippen LogP contribution in [0.15, 0.2) is 47.6 Å². The largest absolute Gasteiger partial charge is 0.493 e. The van der Waals surface area contributed by atoms with Gasteiger partial charge in [0.05, 0.1) is 23.9 Å². The molecule has 0 radical (unpaired) electrons. The predicted molar refractivity (Wildman–Crippen MR) is 76.0 cm³/mol. The first-order chi connectivity index (χ1) is 9.29. The molecule has 0 atom stereocenters. The lowest BCUT2D eigenvalue weighted by Gasteiger charge is -2.06. The number of benzene rings is 1. The van der Waals surface area contributed by atoms with Crippen LogP contribution < -0.4 is 10.5 Å². The van der Waals surface area contributed by atoms with Crippen molar-refractivity contribution < 1.29 is 4.74 Å². The SMILES string of the molecule is N#Cc1ccc(OCCSc2ncccc2N)cc1. The van der Waals surface area contributed by atoms with Crippen molar-refractivity contribution in [3.8, 4) is 11.8 Å². The number of pyridine rings is 1. The van der Waals surface area contributed by atoms with Gasteiger partial charge in [-0.25, -0.2) is 4.98 Å². The van der Waals surface area contributed by atoms with Crippen LogP contribution in [0.25, 0.3) is 0 Å². The lowest BCUT2D eigenvalue weighted by molar-refractivity contribution is 0.344. The molecule has 0 aliphatic carbocycles. The first kappa shape index (κ1) is 13.2. The molecule has 0 bridgehead atoms. The van der Waals surface area contributed by atoms with Gasteiger partial charge in [-0.3, -0.25) is 0 Å². The van der Waals surface area contributed by atoms with Gasteiger partial charge in [0.15, 0.2) is 0 Å². The molecule has 96 valence electrons. The van der Waals surface area contributed by atoms with Crippen molar-refractivity contribution in [1.29, 1.82) is 5.26 Å². The second kappa shape index (κ2) is 6.66. The molecule has 0 amide bonds. The Morgan fingerprint density at radius 2 is 2.05 bits per heavy atom. The van der Waals surface area contributed by atoms with E-state index in [1.54, 1.807) is 42.2 Å². The summed E-state index contributed by atoms with van der Waals surface area (Å²) in [5.74, 6) is 1.52. The fourth-order valence-electron chi connectivity index (χ4n) is 1.45. The van der Waals surface area contributed by atoms with E-state index in [1.165, 1.54) is 0 Å². The number of nitrogen functional groups attached to an aromatic ring is 1. The maximum atomic E-state index is 8.68. The molecule has 2 N–H and O–H groups in total. The monoisotopic (exact) mass is 271 g/mol. The van der Waals surface area contributed by atoms with Gasteiger partial charge < -0.3 is 10.5 Å². The summed E-state index contributed by atoms with van der Waals surface area (Å²) >= 11 is 1.56. The van der Waals surface area contributed by atoms with E-state index in [2.05, 4.69) is 11.1 Å². The Morgan fingerprint density at radius 1 is 1.26 bits per heavy atom. The quantitative estimate of drug-likeness (QED) is 0.668. The van der Waals surface area contributed by atoms with Crippen molar-refractivity contribution >= 4 is 17.4 Å². The number of hydrogen-bond acceptors (Lipinski definition) is 5. The standard InChI is InChI=1S/C14H13N3OS/c15-10-11-3-5-12(6-4-11)18-8-9-19-14-13(16)2-1-7-17-14/h1-7H,8-9,16H2. The fraction of sp³-hybridized carbons (Fsp3) is 0.143. The first-order valence-corrected chi connectivity index (χ1v) is 6.74. The summed E-state index contributed by atoms with van der Waals surface area (Å²) < 4.78 is 5.57. The zero-order chi connectivity index (χ0) is 13.5. The fourth-order valence-corrected chi connectivity index (χ4v) is 2.18. The van der Waals surface area contributed by atoms with Gasteiger partial charge in [0.2, 0.25) is 0 Å². The lowest BCUT2D eigenvalue weighted by atomic mass is 10.2. The normalized spacial score (nSPS) is 9.84. The highest BCUT2D eigenvalue weighted by atomic mass is 32.2. The summed E-state index contributed by atoms with van der Waals surface area (Å²) in [6, 6.07) is 12.8. The zero-order valence-corrected chi connectivity index (χ0v) is 11.1. The van der Waals surface area contributed by atoms with Crippen LogP contribution in [0.3, 0.4) is 0 Å². The van der Waals surface area contributed by atoms with E-state index in [0.717, 1.165) is 16.5 Å². The number of thioether (sulfide) groups is 1. The molecule has 1 heterocycles. The molecule has 4 nitrogen and oxygen atoms in total. The van der Waals surface area contributed by atoms with Crippen molar-refractivity contribution in [1.82, 2.24) is 4.98 Å². The number of anilines is 1. The van der Waals surface area contributed by atoms with Crippen LogP contribution in [0.5, 0.6) is 5.75 Å². The molecule has 1 aromatic heterocycles. The summed E-state index contributed by atoms with van der Waals surface area (Å²) in [5, 5.41) is 9.51. The van der Waals surface area contributed by atoms with Gasteiger partial charge in [0.1, 0.15) is 10.8 Å². The second-order valence-corrected chi connectivity index (χ2v) is 4.81. The number of nitrogens with zero attached hydrogens (tertiary/aromatic N) is 2. The van der Waals surface area contributed by atoms with E-state index in [-0.39, 0.29) is 0 Å².